The first kappa shape index (κ1) is 24.6. The fourth-order valence-corrected chi connectivity index (χ4v) is 5.74. The molecule has 40 heavy (non-hydrogen) atoms. The van der Waals surface area contributed by atoms with E-state index in [9.17, 15) is 0 Å². The van der Waals surface area contributed by atoms with Crippen molar-refractivity contribution >= 4 is 21.8 Å². The number of pyridine rings is 2. The Kier molecular flexibility index (Phi) is 5.92. The van der Waals surface area contributed by atoms with E-state index in [1.165, 1.54) is 46.7 Å². The number of rotatable bonds is 5. The van der Waals surface area contributed by atoms with Gasteiger partial charge in [0.05, 0.1) is 11.0 Å². The molecule has 1 fully saturated rings. The monoisotopic (exact) mass is 523 g/mol. The minimum Gasteiger partial charge on any atom is -0.439 e. The summed E-state index contributed by atoms with van der Waals surface area (Å²) >= 11 is 0. The normalized spacial score (nSPS) is 14.0. The first-order valence-corrected chi connectivity index (χ1v) is 14.2. The van der Waals surface area contributed by atoms with Crippen molar-refractivity contribution < 1.29 is 4.74 Å². The molecule has 3 aromatic heterocycles. The number of nitrogens with zero attached hydrogens (tertiary/aromatic N) is 3. The second-order valence-electron chi connectivity index (χ2n) is 11.9. The van der Waals surface area contributed by atoms with Gasteiger partial charge in [-0.2, -0.15) is 0 Å². The van der Waals surface area contributed by atoms with Gasteiger partial charge in [-0.05, 0) is 88.9 Å². The number of benzene rings is 3. The van der Waals surface area contributed by atoms with Crippen LogP contribution in [-0.2, 0) is 5.41 Å². The molecule has 198 valence electrons. The summed E-state index contributed by atoms with van der Waals surface area (Å²) in [5, 5.41) is 2.47. The van der Waals surface area contributed by atoms with Crippen molar-refractivity contribution in [2.75, 3.05) is 0 Å². The molecule has 3 aromatic carbocycles. The Hall–Kier alpha value is -4.44. The van der Waals surface area contributed by atoms with Gasteiger partial charge >= 0.3 is 0 Å². The highest BCUT2D eigenvalue weighted by Crippen LogP contribution is 2.39. The number of hydrogen-bond donors (Lipinski definition) is 0. The Morgan fingerprint density at radius 1 is 0.725 bits per heavy atom. The van der Waals surface area contributed by atoms with E-state index in [1.54, 1.807) is 0 Å². The van der Waals surface area contributed by atoms with Crippen LogP contribution in [0.15, 0.2) is 103 Å². The van der Waals surface area contributed by atoms with E-state index in [4.69, 9.17) is 9.72 Å². The molecule has 1 aliphatic rings. The molecule has 4 nitrogen and oxygen atoms in total. The minimum absolute atomic E-state index is 0.0308. The molecular weight excluding hydrogens is 490 g/mol. The Balaban J connectivity index is 1.30. The topological polar surface area (TPSA) is 39.9 Å². The van der Waals surface area contributed by atoms with Crippen molar-refractivity contribution in [3.8, 4) is 28.6 Å². The molecule has 1 aliphatic carbocycles. The average molecular weight is 524 g/mol. The van der Waals surface area contributed by atoms with Gasteiger partial charge < -0.3 is 4.74 Å². The third-order valence-electron chi connectivity index (χ3n) is 8.24. The van der Waals surface area contributed by atoms with Crippen LogP contribution in [0.3, 0.4) is 0 Å². The summed E-state index contributed by atoms with van der Waals surface area (Å²) in [4.78, 5) is 9.30. The van der Waals surface area contributed by atoms with Crippen molar-refractivity contribution in [2.24, 2.45) is 0 Å². The SMILES string of the molecule is CC(C)(C)c1ccnc(Oc2cccc(-c3ccc4c5ccccc5n(-c5cc(C6CCC6)ccn5)c4c3)c2)c1. The summed E-state index contributed by atoms with van der Waals surface area (Å²) in [5.41, 5.74) is 7.18. The Morgan fingerprint density at radius 3 is 2.35 bits per heavy atom. The van der Waals surface area contributed by atoms with Crippen LogP contribution in [-0.4, -0.2) is 14.5 Å². The molecule has 0 bridgehead atoms. The van der Waals surface area contributed by atoms with Crippen LogP contribution in [0.5, 0.6) is 11.6 Å². The standard InChI is InChI=1S/C36H33N3O/c1-36(2,3)28-17-19-38-35(23-28)40-29-11-7-10-25(20-29)26-14-15-31-30-12-4-5-13-32(30)39(33(31)21-26)34-22-27(16-18-37-34)24-8-6-9-24/h4-5,7,10-24H,6,8-9H2,1-3H3. The maximum absolute atomic E-state index is 6.23. The lowest BCUT2D eigenvalue weighted by atomic mass is 9.80. The maximum atomic E-state index is 6.23. The number of fused-ring (bicyclic) bond motifs is 3. The van der Waals surface area contributed by atoms with Gasteiger partial charge in [0.25, 0.3) is 0 Å². The fourth-order valence-electron chi connectivity index (χ4n) is 5.74. The van der Waals surface area contributed by atoms with Crippen molar-refractivity contribution in [1.29, 1.82) is 0 Å². The first-order chi connectivity index (χ1) is 19.4. The van der Waals surface area contributed by atoms with Crippen molar-refractivity contribution in [1.82, 2.24) is 14.5 Å². The van der Waals surface area contributed by atoms with Gasteiger partial charge in [0.1, 0.15) is 11.6 Å². The second-order valence-corrected chi connectivity index (χ2v) is 11.9. The highest BCUT2D eigenvalue weighted by atomic mass is 16.5. The molecule has 4 heteroatoms. The molecule has 0 radical (unpaired) electrons. The average Bonchev–Trinajstić information content (AvgIpc) is 3.26. The van der Waals surface area contributed by atoms with Crippen LogP contribution in [0.25, 0.3) is 38.8 Å². The van der Waals surface area contributed by atoms with Gasteiger partial charge in [-0.1, -0.05) is 69.7 Å². The summed E-state index contributed by atoms with van der Waals surface area (Å²) in [6.45, 7) is 6.59. The van der Waals surface area contributed by atoms with E-state index in [0.717, 1.165) is 28.2 Å². The van der Waals surface area contributed by atoms with E-state index in [2.05, 4.69) is 97.1 Å². The summed E-state index contributed by atoms with van der Waals surface area (Å²) < 4.78 is 8.55. The van der Waals surface area contributed by atoms with E-state index in [0.29, 0.717) is 11.8 Å². The minimum atomic E-state index is 0.0308. The highest BCUT2D eigenvalue weighted by molar-refractivity contribution is 6.10. The zero-order chi connectivity index (χ0) is 27.3. The van der Waals surface area contributed by atoms with Crippen LogP contribution >= 0.6 is 0 Å². The lowest BCUT2D eigenvalue weighted by Crippen LogP contribution is -2.11. The second kappa shape index (κ2) is 9.63. The molecule has 7 rings (SSSR count). The zero-order valence-electron chi connectivity index (χ0n) is 23.3. The lowest BCUT2D eigenvalue weighted by molar-refractivity contribution is 0.419. The Bertz CT molecular complexity index is 1860. The van der Waals surface area contributed by atoms with Gasteiger partial charge in [0.15, 0.2) is 0 Å². The van der Waals surface area contributed by atoms with Crippen LogP contribution in [0.1, 0.15) is 57.1 Å². The fraction of sp³-hybridized carbons (Fsp3) is 0.222. The first-order valence-electron chi connectivity index (χ1n) is 14.2. The lowest BCUT2D eigenvalue weighted by Gasteiger charge is -2.26. The Morgan fingerprint density at radius 2 is 1.52 bits per heavy atom. The van der Waals surface area contributed by atoms with E-state index in [-0.39, 0.29) is 5.41 Å². The molecule has 0 unspecified atom stereocenters. The predicted molar refractivity (Wildman–Crippen MR) is 164 cm³/mol. The van der Waals surface area contributed by atoms with Gasteiger partial charge in [-0.3, -0.25) is 4.57 Å². The van der Waals surface area contributed by atoms with E-state index in [1.807, 2.05) is 36.7 Å². The van der Waals surface area contributed by atoms with Gasteiger partial charge in [-0.15, -0.1) is 0 Å². The number of ether oxygens (including phenoxy) is 1. The van der Waals surface area contributed by atoms with Gasteiger partial charge in [0, 0.05) is 29.2 Å². The van der Waals surface area contributed by atoms with Crippen LogP contribution < -0.4 is 4.74 Å². The van der Waals surface area contributed by atoms with Crippen LogP contribution in [0.4, 0.5) is 0 Å². The molecule has 6 aromatic rings. The van der Waals surface area contributed by atoms with Crippen LogP contribution in [0, 0.1) is 0 Å². The third-order valence-corrected chi connectivity index (χ3v) is 8.24. The summed E-state index contributed by atoms with van der Waals surface area (Å²) in [6.07, 6.45) is 7.66. The van der Waals surface area contributed by atoms with E-state index < -0.39 is 0 Å². The van der Waals surface area contributed by atoms with Crippen molar-refractivity contribution in [3.63, 3.8) is 0 Å². The summed E-state index contributed by atoms with van der Waals surface area (Å²) in [5.74, 6) is 3.02. The smallest absolute Gasteiger partial charge is 0.219 e. The highest BCUT2D eigenvalue weighted by Gasteiger charge is 2.21. The number of hydrogen-bond acceptors (Lipinski definition) is 3. The molecule has 0 aliphatic heterocycles. The number of aromatic nitrogens is 3. The largest absolute Gasteiger partial charge is 0.439 e. The molecule has 3 heterocycles. The van der Waals surface area contributed by atoms with Crippen LogP contribution in [0.2, 0.25) is 0 Å². The maximum Gasteiger partial charge on any atom is 0.219 e. The van der Waals surface area contributed by atoms with Gasteiger partial charge in [0.2, 0.25) is 5.88 Å². The molecule has 0 N–H and O–H groups in total. The number of para-hydroxylation sites is 1. The quantitative estimate of drug-likeness (QED) is 0.226. The molecule has 0 saturated heterocycles. The molecular formula is C36H33N3O. The molecule has 1 saturated carbocycles. The Labute approximate surface area is 235 Å². The summed E-state index contributed by atoms with van der Waals surface area (Å²) in [6, 6.07) is 32.2. The molecule has 0 spiro atoms. The zero-order valence-corrected chi connectivity index (χ0v) is 23.3. The molecule has 0 atom stereocenters. The van der Waals surface area contributed by atoms with Crippen molar-refractivity contribution in [2.45, 2.75) is 51.4 Å². The predicted octanol–water partition coefficient (Wildman–Crippen LogP) is 9.60. The van der Waals surface area contributed by atoms with Gasteiger partial charge in [-0.25, -0.2) is 9.97 Å². The van der Waals surface area contributed by atoms with Crippen molar-refractivity contribution in [3.05, 3.63) is 115 Å². The van der Waals surface area contributed by atoms with E-state index >= 15 is 0 Å². The summed E-state index contributed by atoms with van der Waals surface area (Å²) in [7, 11) is 0. The third kappa shape index (κ3) is 4.44. The molecule has 0 amide bonds.